The molecule has 0 atom stereocenters. The Hall–Kier alpha value is -2.62. The van der Waals surface area contributed by atoms with Gasteiger partial charge in [-0.3, -0.25) is 9.48 Å². The van der Waals surface area contributed by atoms with Crippen LogP contribution in [-0.4, -0.2) is 33.7 Å². The van der Waals surface area contributed by atoms with Crippen molar-refractivity contribution in [1.29, 1.82) is 0 Å². The normalized spacial score (nSPS) is 15.0. The van der Waals surface area contributed by atoms with Crippen LogP contribution in [0.2, 0.25) is 0 Å². The van der Waals surface area contributed by atoms with E-state index < -0.39 is 0 Å². The Balaban J connectivity index is 1.72. The van der Waals surface area contributed by atoms with Gasteiger partial charge in [0.1, 0.15) is 0 Å². The van der Waals surface area contributed by atoms with Gasteiger partial charge in [0.05, 0.1) is 12.2 Å². The molecule has 1 aromatic heterocycles. The van der Waals surface area contributed by atoms with E-state index in [1.54, 1.807) is 6.08 Å². The number of benzene rings is 1. The molecule has 2 heterocycles. The van der Waals surface area contributed by atoms with Crippen molar-refractivity contribution < 1.29 is 4.79 Å². The highest BCUT2D eigenvalue weighted by Crippen LogP contribution is 2.18. The molecule has 1 fully saturated rings. The summed E-state index contributed by atoms with van der Waals surface area (Å²) in [6.45, 7) is 12.4. The van der Waals surface area contributed by atoms with E-state index in [1.807, 2.05) is 22.6 Å². The van der Waals surface area contributed by atoms with Crippen molar-refractivity contribution in [2.24, 2.45) is 0 Å². The van der Waals surface area contributed by atoms with Gasteiger partial charge in [0.15, 0.2) is 0 Å². The van der Waals surface area contributed by atoms with Crippen molar-refractivity contribution >= 4 is 12.0 Å². The fraction of sp³-hybridized carbons (Fsp3) is 0.364. The molecule has 136 valence electrons. The molecule has 0 N–H and O–H groups in total. The lowest BCUT2D eigenvalue weighted by Crippen LogP contribution is -2.34. The Kier molecular flexibility index (Phi) is 5.40. The van der Waals surface area contributed by atoms with E-state index in [0.29, 0.717) is 0 Å². The van der Waals surface area contributed by atoms with E-state index in [2.05, 4.69) is 49.8 Å². The smallest absolute Gasteiger partial charge is 0.246 e. The molecule has 1 aromatic carbocycles. The van der Waals surface area contributed by atoms with Gasteiger partial charge in [0.25, 0.3) is 0 Å². The molecule has 4 nitrogen and oxygen atoms in total. The van der Waals surface area contributed by atoms with Crippen LogP contribution in [0, 0.1) is 20.8 Å². The Morgan fingerprint density at radius 3 is 2.46 bits per heavy atom. The maximum Gasteiger partial charge on any atom is 0.246 e. The number of aromatic nitrogens is 2. The molecule has 4 heteroatoms. The highest BCUT2D eigenvalue weighted by molar-refractivity contribution is 5.92. The molecule has 0 bridgehead atoms. The third-order valence-corrected chi connectivity index (χ3v) is 5.07. The predicted molar refractivity (Wildman–Crippen MR) is 106 cm³/mol. The molecule has 3 rings (SSSR count). The van der Waals surface area contributed by atoms with Crippen molar-refractivity contribution in [3.8, 4) is 0 Å². The number of aryl methyl sites for hydroxylation is 2. The Morgan fingerprint density at radius 1 is 1.15 bits per heavy atom. The highest BCUT2D eigenvalue weighted by Gasteiger charge is 2.16. The molecule has 1 aliphatic heterocycles. The van der Waals surface area contributed by atoms with E-state index in [9.17, 15) is 4.79 Å². The predicted octanol–water partition coefficient (Wildman–Crippen LogP) is 4.05. The van der Waals surface area contributed by atoms with E-state index in [4.69, 9.17) is 0 Å². The van der Waals surface area contributed by atoms with Gasteiger partial charge in [-0.25, -0.2) is 0 Å². The lowest BCUT2D eigenvalue weighted by Gasteiger charge is -2.26. The molecule has 1 aliphatic rings. The first-order chi connectivity index (χ1) is 12.4. The first-order valence-corrected chi connectivity index (χ1v) is 9.17. The maximum absolute atomic E-state index is 12.4. The van der Waals surface area contributed by atoms with E-state index in [1.165, 1.54) is 16.7 Å². The van der Waals surface area contributed by atoms with E-state index in [-0.39, 0.29) is 5.91 Å². The monoisotopic (exact) mass is 349 g/mol. The highest BCUT2D eigenvalue weighted by atomic mass is 16.2. The number of likely N-dealkylation sites (tertiary alicyclic amines) is 1. The Bertz CT molecular complexity index is 833. The van der Waals surface area contributed by atoms with E-state index >= 15 is 0 Å². The van der Waals surface area contributed by atoms with Gasteiger partial charge in [-0.15, -0.1) is 0 Å². The lowest BCUT2D eigenvalue weighted by molar-refractivity contribution is -0.126. The SMILES string of the molecule is C=C1CCN(C(=O)/C=C/c2c(C)nn(Cc3ccc(C)cc3)c2C)CC1. The summed E-state index contributed by atoms with van der Waals surface area (Å²) in [4.78, 5) is 14.3. The summed E-state index contributed by atoms with van der Waals surface area (Å²) in [5.74, 6) is 0.0718. The zero-order valence-electron chi connectivity index (χ0n) is 16.0. The van der Waals surface area contributed by atoms with Crippen molar-refractivity contribution in [3.63, 3.8) is 0 Å². The van der Waals surface area contributed by atoms with Crippen LogP contribution < -0.4 is 0 Å². The van der Waals surface area contributed by atoms with Crippen LogP contribution in [0.4, 0.5) is 0 Å². The average molecular weight is 349 g/mol. The van der Waals surface area contributed by atoms with Gasteiger partial charge < -0.3 is 4.90 Å². The molecular formula is C22H27N3O. The molecule has 1 amide bonds. The summed E-state index contributed by atoms with van der Waals surface area (Å²) < 4.78 is 2.01. The van der Waals surface area contributed by atoms with Gasteiger partial charge in [-0.2, -0.15) is 5.10 Å². The molecule has 0 spiro atoms. The first kappa shape index (κ1) is 18.2. The fourth-order valence-corrected chi connectivity index (χ4v) is 3.28. The quantitative estimate of drug-likeness (QED) is 0.617. The first-order valence-electron chi connectivity index (χ1n) is 9.17. The van der Waals surface area contributed by atoms with Crippen molar-refractivity contribution in [1.82, 2.24) is 14.7 Å². The van der Waals surface area contributed by atoms with Crippen molar-refractivity contribution in [2.45, 2.75) is 40.2 Å². The number of hydrogen-bond acceptors (Lipinski definition) is 2. The number of carbonyl (C=O) groups is 1. The van der Waals surface area contributed by atoms with Crippen LogP contribution in [0.25, 0.3) is 6.08 Å². The van der Waals surface area contributed by atoms with Gasteiger partial charge in [0, 0.05) is 30.4 Å². The van der Waals surface area contributed by atoms with Crippen molar-refractivity contribution in [2.75, 3.05) is 13.1 Å². The minimum Gasteiger partial charge on any atom is -0.339 e. The molecule has 26 heavy (non-hydrogen) atoms. The molecule has 0 unspecified atom stereocenters. The van der Waals surface area contributed by atoms with Gasteiger partial charge in [-0.1, -0.05) is 42.0 Å². The van der Waals surface area contributed by atoms with Crippen LogP contribution in [0.15, 0.2) is 42.5 Å². The Morgan fingerprint density at radius 2 is 1.81 bits per heavy atom. The second kappa shape index (κ2) is 7.73. The van der Waals surface area contributed by atoms with Crippen molar-refractivity contribution in [3.05, 3.63) is 70.6 Å². The third kappa shape index (κ3) is 4.13. The second-order valence-electron chi connectivity index (χ2n) is 7.14. The molecule has 0 saturated carbocycles. The number of hydrogen-bond donors (Lipinski definition) is 0. The summed E-state index contributed by atoms with van der Waals surface area (Å²) in [5, 5.41) is 4.66. The molecule has 0 aliphatic carbocycles. The summed E-state index contributed by atoms with van der Waals surface area (Å²) >= 11 is 0. The topological polar surface area (TPSA) is 38.1 Å². The molecule has 0 radical (unpaired) electrons. The van der Waals surface area contributed by atoms with Crippen LogP contribution >= 0.6 is 0 Å². The second-order valence-corrected chi connectivity index (χ2v) is 7.14. The number of rotatable bonds is 4. The minimum atomic E-state index is 0.0718. The average Bonchev–Trinajstić information content (AvgIpc) is 2.89. The summed E-state index contributed by atoms with van der Waals surface area (Å²) in [5.41, 5.74) is 6.78. The van der Waals surface area contributed by atoms with Crippen LogP contribution in [0.3, 0.4) is 0 Å². The van der Waals surface area contributed by atoms with Gasteiger partial charge >= 0.3 is 0 Å². The number of piperidine rings is 1. The lowest BCUT2D eigenvalue weighted by atomic mass is 10.1. The largest absolute Gasteiger partial charge is 0.339 e. The number of amides is 1. The third-order valence-electron chi connectivity index (χ3n) is 5.07. The zero-order chi connectivity index (χ0) is 18.7. The molecule has 1 saturated heterocycles. The van der Waals surface area contributed by atoms with Gasteiger partial charge in [0.2, 0.25) is 5.91 Å². The summed E-state index contributed by atoms with van der Waals surface area (Å²) in [7, 11) is 0. The van der Waals surface area contributed by atoms with E-state index in [0.717, 1.165) is 49.4 Å². The molecular weight excluding hydrogens is 322 g/mol. The van der Waals surface area contributed by atoms with Crippen LogP contribution in [-0.2, 0) is 11.3 Å². The summed E-state index contributed by atoms with van der Waals surface area (Å²) in [6, 6.07) is 8.51. The minimum absolute atomic E-state index is 0.0718. The zero-order valence-corrected chi connectivity index (χ0v) is 16.0. The summed E-state index contributed by atoms with van der Waals surface area (Å²) in [6.07, 6.45) is 5.41. The maximum atomic E-state index is 12.4. The fourth-order valence-electron chi connectivity index (χ4n) is 3.28. The standard InChI is InChI=1S/C22H27N3O/c1-16-5-7-20(8-6-16)15-25-19(4)21(18(3)23-25)9-10-22(26)24-13-11-17(2)12-14-24/h5-10H,2,11-15H2,1,3-4H3/b10-9+. The number of carbonyl (C=O) groups excluding carboxylic acids is 1. The molecule has 2 aromatic rings. The number of nitrogens with zero attached hydrogens (tertiary/aromatic N) is 3. The van der Waals surface area contributed by atoms with Crippen LogP contribution in [0.5, 0.6) is 0 Å². The Labute approximate surface area is 155 Å². The van der Waals surface area contributed by atoms with Crippen LogP contribution in [0.1, 0.15) is 40.9 Å². The van der Waals surface area contributed by atoms with Gasteiger partial charge in [-0.05, 0) is 45.3 Å².